The quantitative estimate of drug-likeness (QED) is 0.921. The molecular weight excluding hydrogens is 246 g/mol. The number of aromatic nitrogens is 1. The Hall–Kier alpha value is -1.17. The minimum atomic E-state index is 0.576. The van der Waals surface area contributed by atoms with Crippen LogP contribution in [-0.4, -0.2) is 35.6 Å². The second kappa shape index (κ2) is 5.22. The smallest absolute Gasteiger partial charge is 0.162 e. The highest BCUT2D eigenvalue weighted by molar-refractivity contribution is 7.13. The molecule has 0 spiro atoms. The number of nitrogens with zero attached hydrogens (tertiary/aromatic N) is 2. The van der Waals surface area contributed by atoms with E-state index in [1.807, 2.05) is 12.1 Å². The van der Waals surface area contributed by atoms with Gasteiger partial charge in [0.05, 0.1) is 12.0 Å². The Balaban J connectivity index is 1.70. The summed E-state index contributed by atoms with van der Waals surface area (Å²) in [7, 11) is 0. The van der Waals surface area contributed by atoms with E-state index in [9.17, 15) is 0 Å². The lowest BCUT2D eigenvalue weighted by Gasteiger charge is -2.33. The van der Waals surface area contributed by atoms with Crippen LogP contribution >= 0.6 is 11.3 Å². The molecule has 0 amide bonds. The van der Waals surface area contributed by atoms with E-state index in [1.165, 1.54) is 0 Å². The van der Waals surface area contributed by atoms with E-state index in [1.54, 1.807) is 17.6 Å². The van der Waals surface area contributed by atoms with Gasteiger partial charge in [0, 0.05) is 37.6 Å². The molecule has 18 heavy (non-hydrogen) atoms. The standard InChI is InChI=1S/C13H17N3OS/c1-10-7-14-4-5-16(10)8-11-9-18-13(15-11)12-3-2-6-17-12/h2-3,6,9-10,14H,4-5,7-8H2,1H3/t10-/m0/s1. The first-order valence-electron chi connectivity index (χ1n) is 6.26. The van der Waals surface area contributed by atoms with Crippen LogP contribution in [0.2, 0.25) is 0 Å². The Morgan fingerprint density at radius 1 is 1.61 bits per heavy atom. The zero-order chi connectivity index (χ0) is 12.4. The predicted molar refractivity (Wildman–Crippen MR) is 72.6 cm³/mol. The van der Waals surface area contributed by atoms with Crippen molar-refractivity contribution in [1.29, 1.82) is 0 Å². The molecule has 96 valence electrons. The zero-order valence-corrected chi connectivity index (χ0v) is 11.2. The molecule has 0 unspecified atom stereocenters. The summed E-state index contributed by atoms with van der Waals surface area (Å²) in [6, 6.07) is 4.43. The third kappa shape index (κ3) is 2.48. The maximum atomic E-state index is 5.37. The fourth-order valence-electron chi connectivity index (χ4n) is 2.22. The summed E-state index contributed by atoms with van der Waals surface area (Å²) in [5.41, 5.74) is 1.14. The summed E-state index contributed by atoms with van der Waals surface area (Å²) in [5.74, 6) is 0.861. The molecule has 0 bridgehead atoms. The van der Waals surface area contributed by atoms with Gasteiger partial charge in [-0.3, -0.25) is 4.90 Å². The topological polar surface area (TPSA) is 41.3 Å². The predicted octanol–water partition coefficient (Wildman–Crippen LogP) is 2.20. The highest BCUT2D eigenvalue weighted by Crippen LogP contribution is 2.24. The van der Waals surface area contributed by atoms with E-state index >= 15 is 0 Å². The van der Waals surface area contributed by atoms with Crippen LogP contribution in [0.1, 0.15) is 12.6 Å². The van der Waals surface area contributed by atoms with Gasteiger partial charge in [0.15, 0.2) is 10.8 Å². The first-order chi connectivity index (χ1) is 8.83. The molecule has 0 aromatic carbocycles. The number of hydrogen-bond donors (Lipinski definition) is 1. The van der Waals surface area contributed by atoms with Crippen LogP contribution in [0.4, 0.5) is 0 Å². The third-order valence-electron chi connectivity index (χ3n) is 3.29. The minimum absolute atomic E-state index is 0.576. The van der Waals surface area contributed by atoms with Gasteiger partial charge in [0.25, 0.3) is 0 Å². The second-order valence-electron chi connectivity index (χ2n) is 4.64. The third-order valence-corrected chi connectivity index (χ3v) is 4.19. The molecule has 3 heterocycles. The van der Waals surface area contributed by atoms with Crippen molar-refractivity contribution in [3.05, 3.63) is 29.5 Å². The van der Waals surface area contributed by atoms with Gasteiger partial charge in [-0.15, -0.1) is 11.3 Å². The molecule has 1 aliphatic heterocycles. The molecule has 2 aromatic heterocycles. The molecule has 1 aliphatic rings. The minimum Gasteiger partial charge on any atom is -0.462 e. The zero-order valence-electron chi connectivity index (χ0n) is 10.4. The molecule has 1 fully saturated rings. The van der Waals surface area contributed by atoms with Crippen molar-refractivity contribution >= 4 is 11.3 Å². The van der Waals surface area contributed by atoms with Crippen molar-refractivity contribution in [2.45, 2.75) is 19.5 Å². The highest BCUT2D eigenvalue weighted by atomic mass is 32.1. The van der Waals surface area contributed by atoms with Gasteiger partial charge in [-0.25, -0.2) is 4.98 Å². The lowest BCUT2D eigenvalue weighted by Crippen LogP contribution is -2.49. The average molecular weight is 263 g/mol. The van der Waals surface area contributed by atoms with Gasteiger partial charge in [-0.2, -0.15) is 0 Å². The molecule has 5 heteroatoms. The van der Waals surface area contributed by atoms with Gasteiger partial charge in [-0.1, -0.05) is 0 Å². The number of furan rings is 1. The average Bonchev–Trinajstić information content (AvgIpc) is 3.02. The van der Waals surface area contributed by atoms with Crippen molar-refractivity contribution in [3.8, 4) is 10.8 Å². The Kier molecular flexibility index (Phi) is 3.45. The Morgan fingerprint density at radius 2 is 2.56 bits per heavy atom. The molecule has 4 nitrogen and oxygen atoms in total. The van der Waals surface area contributed by atoms with Crippen LogP contribution in [0.15, 0.2) is 28.2 Å². The van der Waals surface area contributed by atoms with E-state index in [0.717, 1.165) is 42.6 Å². The molecule has 0 aliphatic carbocycles. The molecule has 0 saturated carbocycles. The first-order valence-corrected chi connectivity index (χ1v) is 7.14. The van der Waals surface area contributed by atoms with Crippen LogP contribution in [-0.2, 0) is 6.54 Å². The van der Waals surface area contributed by atoms with Crippen molar-refractivity contribution in [2.24, 2.45) is 0 Å². The van der Waals surface area contributed by atoms with Crippen LogP contribution in [0.25, 0.3) is 10.8 Å². The molecule has 3 rings (SSSR count). The maximum absolute atomic E-state index is 5.37. The van der Waals surface area contributed by atoms with E-state index in [0.29, 0.717) is 6.04 Å². The highest BCUT2D eigenvalue weighted by Gasteiger charge is 2.19. The van der Waals surface area contributed by atoms with Gasteiger partial charge in [-0.05, 0) is 19.1 Å². The summed E-state index contributed by atoms with van der Waals surface area (Å²) >= 11 is 1.65. The lowest BCUT2D eigenvalue weighted by atomic mass is 10.2. The van der Waals surface area contributed by atoms with Gasteiger partial charge >= 0.3 is 0 Å². The van der Waals surface area contributed by atoms with Crippen molar-refractivity contribution in [2.75, 3.05) is 19.6 Å². The van der Waals surface area contributed by atoms with Gasteiger partial charge < -0.3 is 9.73 Å². The number of hydrogen-bond acceptors (Lipinski definition) is 5. The number of piperazine rings is 1. The molecule has 1 saturated heterocycles. The Bertz CT molecular complexity index is 494. The molecule has 2 aromatic rings. The summed E-state index contributed by atoms with van der Waals surface area (Å²) in [6.07, 6.45) is 1.69. The summed E-state index contributed by atoms with van der Waals surface area (Å²) < 4.78 is 5.37. The van der Waals surface area contributed by atoms with E-state index in [-0.39, 0.29) is 0 Å². The van der Waals surface area contributed by atoms with Crippen LogP contribution < -0.4 is 5.32 Å². The van der Waals surface area contributed by atoms with E-state index in [2.05, 4.69) is 27.5 Å². The van der Waals surface area contributed by atoms with Crippen LogP contribution in [0, 0.1) is 0 Å². The lowest BCUT2D eigenvalue weighted by molar-refractivity contribution is 0.164. The summed E-state index contributed by atoms with van der Waals surface area (Å²) in [5, 5.41) is 6.51. The number of rotatable bonds is 3. The largest absolute Gasteiger partial charge is 0.462 e. The fourth-order valence-corrected chi connectivity index (χ4v) is 3.00. The fraction of sp³-hybridized carbons (Fsp3) is 0.462. The van der Waals surface area contributed by atoms with Gasteiger partial charge in [0.2, 0.25) is 0 Å². The first kappa shape index (κ1) is 11.9. The summed E-state index contributed by atoms with van der Waals surface area (Å²) in [4.78, 5) is 7.11. The molecular formula is C13H17N3OS. The van der Waals surface area contributed by atoms with E-state index in [4.69, 9.17) is 4.42 Å². The molecule has 0 radical (unpaired) electrons. The Labute approximate surface area is 111 Å². The van der Waals surface area contributed by atoms with E-state index < -0.39 is 0 Å². The number of thiazole rings is 1. The van der Waals surface area contributed by atoms with Crippen LogP contribution in [0.5, 0.6) is 0 Å². The van der Waals surface area contributed by atoms with Gasteiger partial charge in [0.1, 0.15) is 0 Å². The van der Waals surface area contributed by atoms with Crippen LogP contribution in [0.3, 0.4) is 0 Å². The SMILES string of the molecule is C[C@H]1CNCCN1Cc1csc(-c2ccco2)n1. The van der Waals surface area contributed by atoms with Crippen molar-refractivity contribution in [1.82, 2.24) is 15.2 Å². The second-order valence-corrected chi connectivity index (χ2v) is 5.50. The molecule has 1 N–H and O–H groups in total. The number of nitrogens with one attached hydrogen (secondary N) is 1. The van der Waals surface area contributed by atoms with Crippen molar-refractivity contribution in [3.63, 3.8) is 0 Å². The Morgan fingerprint density at radius 3 is 3.33 bits per heavy atom. The monoisotopic (exact) mass is 263 g/mol. The van der Waals surface area contributed by atoms with Crippen molar-refractivity contribution < 1.29 is 4.42 Å². The normalized spacial score (nSPS) is 21.3. The summed E-state index contributed by atoms with van der Waals surface area (Å²) in [6.45, 7) is 6.41. The maximum Gasteiger partial charge on any atom is 0.162 e. The molecule has 1 atom stereocenters.